The van der Waals surface area contributed by atoms with Crippen molar-refractivity contribution < 1.29 is 42.1 Å². The first-order valence-electron chi connectivity index (χ1n) is 38.6. The molecule has 0 rings (SSSR count). The molecule has 2 unspecified atom stereocenters. The van der Waals surface area contributed by atoms with Crippen LogP contribution in [0.25, 0.3) is 0 Å². The molecule has 1 N–H and O–H groups in total. The smallest absolute Gasteiger partial charge is 0.462 e. The first-order valence-corrected chi connectivity index (χ1v) is 40.1. The number of carbonyl (C=O) groups excluding carboxylic acids is 2. The van der Waals surface area contributed by atoms with Crippen LogP contribution in [0.15, 0.2) is 24.3 Å². The van der Waals surface area contributed by atoms with Gasteiger partial charge in [0.2, 0.25) is 0 Å². The van der Waals surface area contributed by atoms with Gasteiger partial charge in [-0.25, -0.2) is 4.57 Å². The summed E-state index contributed by atoms with van der Waals surface area (Å²) in [5.41, 5.74) is 0. The van der Waals surface area contributed by atoms with Crippen LogP contribution in [0.2, 0.25) is 0 Å². The van der Waals surface area contributed by atoms with Crippen molar-refractivity contribution in [3.63, 3.8) is 0 Å². The van der Waals surface area contributed by atoms with Gasteiger partial charge in [-0.1, -0.05) is 372 Å². The van der Waals surface area contributed by atoms with Crippen LogP contribution in [0, 0.1) is 0 Å². The van der Waals surface area contributed by atoms with Gasteiger partial charge >= 0.3 is 19.8 Å². The predicted octanol–water partition coefficient (Wildman–Crippen LogP) is 25.2. The average Bonchev–Trinajstić information content (AvgIpc) is 3.49. The zero-order valence-corrected chi connectivity index (χ0v) is 59.9. The maximum Gasteiger partial charge on any atom is 0.472 e. The van der Waals surface area contributed by atoms with Gasteiger partial charge in [0.15, 0.2) is 6.10 Å². The van der Waals surface area contributed by atoms with Crippen LogP contribution in [-0.2, 0) is 32.7 Å². The highest BCUT2D eigenvalue weighted by Crippen LogP contribution is 2.43. The molecule has 10 heteroatoms. The van der Waals surface area contributed by atoms with E-state index in [1.165, 1.54) is 334 Å². The fourth-order valence-electron chi connectivity index (χ4n) is 11.8. The van der Waals surface area contributed by atoms with E-state index >= 15 is 0 Å². The predicted molar refractivity (Wildman–Crippen MR) is 377 cm³/mol. The summed E-state index contributed by atoms with van der Waals surface area (Å²) in [4.78, 5) is 35.9. The van der Waals surface area contributed by atoms with Gasteiger partial charge in [0.1, 0.15) is 19.8 Å². The lowest BCUT2D eigenvalue weighted by Gasteiger charge is -2.24. The Morgan fingerprint density at radius 2 is 0.621 bits per heavy atom. The average molecular weight is 1250 g/mol. The van der Waals surface area contributed by atoms with E-state index in [-0.39, 0.29) is 25.6 Å². The monoisotopic (exact) mass is 1250 g/mol. The number of ether oxygens (including phenoxy) is 2. The molecule has 2 atom stereocenters. The molecule has 0 radical (unpaired) electrons. The molecular formula is C77H151NO8P+. The molecule has 0 aromatic heterocycles. The second-order valence-electron chi connectivity index (χ2n) is 27.8. The van der Waals surface area contributed by atoms with Crippen molar-refractivity contribution in [2.75, 3.05) is 47.5 Å². The quantitative estimate of drug-likeness (QED) is 0.0211. The number of carbonyl (C=O) groups is 2. The number of allylic oxidation sites excluding steroid dienone is 4. The molecule has 0 amide bonds. The topological polar surface area (TPSA) is 108 Å². The number of nitrogens with zero attached hydrogens (tertiary/aromatic N) is 1. The molecule has 0 fully saturated rings. The molecule has 0 bridgehead atoms. The van der Waals surface area contributed by atoms with E-state index in [2.05, 4.69) is 38.2 Å². The molecule has 0 spiro atoms. The van der Waals surface area contributed by atoms with Gasteiger partial charge in [0.25, 0.3) is 0 Å². The normalized spacial score (nSPS) is 13.1. The van der Waals surface area contributed by atoms with Crippen LogP contribution in [-0.4, -0.2) is 74.9 Å². The number of rotatable bonds is 73. The minimum atomic E-state index is -4.39. The van der Waals surface area contributed by atoms with Crippen LogP contribution in [0.4, 0.5) is 0 Å². The Hall–Kier alpha value is -1.51. The zero-order valence-electron chi connectivity index (χ0n) is 59.0. The number of phosphoric acid groups is 1. The highest BCUT2D eigenvalue weighted by molar-refractivity contribution is 7.47. The van der Waals surface area contributed by atoms with Crippen LogP contribution >= 0.6 is 7.82 Å². The Bertz CT molecular complexity index is 1510. The van der Waals surface area contributed by atoms with Gasteiger partial charge in [-0.3, -0.25) is 18.6 Å². The molecule has 0 saturated carbocycles. The summed E-state index contributed by atoms with van der Waals surface area (Å²) < 4.78 is 34.8. The van der Waals surface area contributed by atoms with Crippen LogP contribution < -0.4 is 0 Å². The lowest BCUT2D eigenvalue weighted by atomic mass is 10.0. The van der Waals surface area contributed by atoms with Gasteiger partial charge in [0.05, 0.1) is 27.7 Å². The Morgan fingerprint density at radius 3 is 0.908 bits per heavy atom. The zero-order chi connectivity index (χ0) is 63.4. The first kappa shape index (κ1) is 85.5. The first-order chi connectivity index (χ1) is 42.5. The van der Waals surface area contributed by atoms with Crippen molar-refractivity contribution in [1.29, 1.82) is 0 Å². The molecule has 0 heterocycles. The van der Waals surface area contributed by atoms with Crippen LogP contribution in [0.1, 0.15) is 406 Å². The summed E-state index contributed by atoms with van der Waals surface area (Å²) in [5, 5.41) is 0. The number of hydrogen-bond donors (Lipinski definition) is 1. The standard InChI is InChI=1S/C77H150NO8P/c1-6-8-10-12-14-16-18-20-22-24-26-28-30-32-33-34-35-36-37-38-39-40-41-42-43-44-46-47-49-51-53-55-57-59-61-63-65-67-69-76(79)83-73-75(74-85-87(81,82)84-72-71-78(3,4)5)86-77(80)70-68-66-64-62-60-58-56-54-52-50-48-45-31-29-27-25-23-21-19-17-15-13-11-9-7-2/h19,21,25,27,75H,6-18,20,22-24,26,28-74H2,1-5H3/p+1/b21-19-,27-25-. The molecule has 0 aliphatic carbocycles. The summed E-state index contributed by atoms with van der Waals surface area (Å²) in [6.07, 6.45) is 87.5. The fraction of sp³-hybridized carbons (Fsp3) is 0.922. The molecular weight excluding hydrogens is 1100 g/mol. The largest absolute Gasteiger partial charge is 0.472 e. The van der Waals surface area contributed by atoms with E-state index in [4.69, 9.17) is 18.5 Å². The lowest BCUT2D eigenvalue weighted by Crippen LogP contribution is -2.37. The van der Waals surface area contributed by atoms with E-state index in [1.807, 2.05) is 21.1 Å². The maximum atomic E-state index is 12.9. The summed E-state index contributed by atoms with van der Waals surface area (Å²) >= 11 is 0. The molecule has 87 heavy (non-hydrogen) atoms. The Kier molecular flexibility index (Phi) is 67.7. The van der Waals surface area contributed by atoms with E-state index in [0.29, 0.717) is 23.9 Å². The van der Waals surface area contributed by atoms with Gasteiger partial charge in [0, 0.05) is 12.8 Å². The number of unbranched alkanes of at least 4 members (excludes halogenated alkanes) is 55. The second kappa shape index (κ2) is 68.8. The van der Waals surface area contributed by atoms with Crippen molar-refractivity contribution in [3.8, 4) is 0 Å². The lowest BCUT2D eigenvalue weighted by molar-refractivity contribution is -0.870. The molecule has 0 aromatic carbocycles. The van der Waals surface area contributed by atoms with Crippen molar-refractivity contribution >= 4 is 19.8 Å². The number of hydrogen-bond acceptors (Lipinski definition) is 7. The minimum Gasteiger partial charge on any atom is -0.462 e. The van der Waals surface area contributed by atoms with Crippen LogP contribution in [0.3, 0.4) is 0 Å². The van der Waals surface area contributed by atoms with E-state index in [1.54, 1.807) is 0 Å². The number of quaternary nitrogens is 1. The van der Waals surface area contributed by atoms with Gasteiger partial charge < -0.3 is 18.9 Å². The van der Waals surface area contributed by atoms with E-state index < -0.39 is 26.5 Å². The van der Waals surface area contributed by atoms with Crippen molar-refractivity contribution in [2.45, 2.75) is 412 Å². The Labute approximate surface area is 542 Å². The second-order valence-corrected chi connectivity index (χ2v) is 29.2. The maximum absolute atomic E-state index is 12.9. The van der Waals surface area contributed by atoms with Crippen molar-refractivity contribution in [3.05, 3.63) is 24.3 Å². The third-order valence-electron chi connectivity index (χ3n) is 17.7. The van der Waals surface area contributed by atoms with Crippen molar-refractivity contribution in [2.24, 2.45) is 0 Å². The van der Waals surface area contributed by atoms with E-state index in [9.17, 15) is 19.0 Å². The highest BCUT2D eigenvalue weighted by Gasteiger charge is 2.27. The highest BCUT2D eigenvalue weighted by atomic mass is 31.2. The molecule has 0 aromatic rings. The van der Waals surface area contributed by atoms with Gasteiger partial charge in [-0.15, -0.1) is 0 Å². The Balaban J connectivity index is 3.89. The molecule has 0 aliphatic heterocycles. The fourth-order valence-corrected chi connectivity index (χ4v) is 12.6. The molecule has 9 nitrogen and oxygen atoms in total. The van der Waals surface area contributed by atoms with Gasteiger partial charge in [-0.2, -0.15) is 0 Å². The SMILES string of the molecule is CCCCCCC/C=C\C/C=C\CCCCCCCCCCCCCCCC(=O)OC(COC(=O)CCCCCCCCCCCCCCCCCCCCCCCCCCCCCCCCCCCCCCCC)COP(=O)(O)OCC[N+](C)(C)C. The minimum absolute atomic E-state index is 0.0348. The number of phosphoric ester groups is 1. The molecule has 0 saturated heterocycles. The van der Waals surface area contributed by atoms with Crippen LogP contribution in [0.5, 0.6) is 0 Å². The molecule has 0 aliphatic rings. The summed E-state index contributed by atoms with van der Waals surface area (Å²) in [7, 11) is 1.50. The summed E-state index contributed by atoms with van der Waals surface area (Å²) in [6.45, 7) is 4.50. The summed E-state index contributed by atoms with van der Waals surface area (Å²) in [5.74, 6) is -0.774. The van der Waals surface area contributed by atoms with Crippen molar-refractivity contribution in [1.82, 2.24) is 0 Å². The third-order valence-corrected chi connectivity index (χ3v) is 18.7. The number of esters is 2. The summed E-state index contributed by atoms with van der Waals surface area (Å²) in [6, 6.07) is 0. The molecule has 516 valence electrons. The third kappa shape index (κ3) is 73.4. The van der Waals surface area contributed by atoms with E-state index in [0.717, 1.165) is 38.5 Å². The Morgan fingerprint density at radius 1 is 0.356 bits per heavy atom. The van der Waals surface area contributed by atoms with Gasteiger partial charge in [-0.05, 0) is 44.9 Å². The number of likely N-dealkylation sites (N-methyl/N-ethyl adjacent to an activating group) is 1.